The third-order valence-electron chi connectivity index (χ3n) is 3.02. The third kappa shape index (κ3) is 2.20. The normalized spacial score (nSPS) is 35.7. The highest BCUT2D eigenvalue weighted by Crippen LogP contribution is 2.24. The molecule has 1 rings (SSSR count). The average molecular weight is 181 g/mol. The zero-order valence-electron chi connectivity index (χ0n) is 8.80. The van der Waals surface area contributed by atoms with Gasteiger partial charge in [-0.05, 0) is 33.4 Å². The molecule has 1 heterocycles. The molecule has 1 aliphatic heterocycles. The predicted molar refractivity (Wildman–Crippen MR) is 53.3 cm³/mol. The summed E-state index contributed by atoms with van der Waals surface area (Å²) in [5, 5.41) is 12.5. The van der Waals surface area contributed by atoms with Crippen molar-refractivity contribution in [3.05, 3.63) is 0 Å². The maximum Gasteiger partial charge on any atom is 0.109 e. The van der Waals surface area contributed by atoms with Crippen LogP contribution in [0.3, 0.4) is 0 Å². The minimum Gasteiger partial charge on any atom is -0.303 e. The van der Waals surface area contributed by atoms with Gasteiger partial charge >= 0.3 is 0 Å². The molecule has 0 aromatic carbocycles. The molecule has 0 amide bonds. The van der Waals surface area contributed by atoms with Gasteiger partial charge in [0.1, 0.15) is 5.54 Å². The Labute approximate surface area is 80.7 Å². The van der Waals surface area contributed by atoms with Gasteiger partial charge in [-0.1, -0.05) is 6.92 Å². The molecular weight excluding hydrogens is 162 g/mol. The summed E-state index contributed by atoms with van der Waals surface area (Å²) in [6.45, 7) is 6.14. The Kier molecular flexibility index (Phi) is 3.29. The van der Waals surface area contributed by atoms with Crippen molar-refractivity contribution in [3.63, 3.8) is 0 Å². The molecule has 0 spiro atoms. The second-order valence-electron chi connectivity index (χ2n) is 4.01. The Morgan fingerprint density at radius 2 is 2.38 bits per heavy atom. The van der Waals surface area contributed by atoms with Crippen molar-refractivity contribution in [1.82, 2.24) is 10.2 Å². The minimum absolute atomic E-state index is 0.263. The zero-order valence-corrected chi connectivity index (χ0v) is 8.80. The van der Waals surface area contributed by atoms with Gasteiger partial charge in [0.15, 0.2) is 0 Å². The van der Waals surface area contributed by atoms with Crippen molar-refractivity contribution in [2.75, 3.05) is 20.1 Å². The van der Waals surface area contributed by atoms with Crippen LogP contribution in [0.2, 0.25) is 0 Å². The van der Waals surface area contributed by atoms with E-state index in [1.807, 2.05) is 0 Å². The smallest absolute Gasteiger partial charge is 0.109 e. The topological polar surface area (TPSA) is 39.1 Å². The molecule has 0 aromatic heterocycles. The molecule has 1 aliphatic rings. The van der Waals surface area contributed by atoms with Crippen LogP contribution in [0.25, 0.3) is 0 Å². The van der Waals surface area contributed by atoms with E-state index in [0.717, 1.165) is 25.9 Å². The maximum absolute atomic E-state index is 9.15. The second kappa shape index (κ2) is 4.08. The summed E-state index contributed by atoms with van der Waals surface area (Å²) in [6.07, 6.45) is 1.88. The van der Waals surface area contributed by atoms with Gasteiger partial charge in [-0.3, -0.25) is 5.32 Å². The van der Waals surface area contributed by atoms with Crippen LogP contribution in [0.4, 0.5) is 0 Å². The fourth-order valence-corrected chi connectivity index (χ4v) is 1.99. The Bertz CT molecular complexity index is 209. The maximum atomic E-state index is 9.15. The lowest BCUT2D eigenvalue weighted by molar-refractivity contribution is 0.139. The van der Waals surface area contributed by atoms with E-state index in [4.69, 9.17) is 5.26 Å². The van der Waals surface area contributed by atoms with Crippen molar-refractivity contribution >= 4 is 0 Å². The molecule has 13 heavy (non-hydrogen) atoms. The SMILES string of the molecule is CCNC1(C#N)CCN(C)C(C)C1. The number of hydrogen-bond donors (Lipinski definition) is 1. The highest BCUT2D eigenvalue weighted by molar-refractivity contribution is 5.10. The molecule has 3 heteroatoms. The molecule has 1 saturated heterocycles. The number of nitriles is 1. The van der Waals surface area contributed by atoms with E-state index in [-0.39, 0.29) is 5.54 Å². The second-order valence-corrected chi connectivity index (χ2v) is 4.01. The van der Waals surface area contributed by atoms with Crippen molar-refractivity contribution in [2.45, 2.75) is 38.3 Å². The van der Waals surface area contributed by atoms with Gasteiger partial charge < -0.3 is 4.90 Å². The van der Waals surface area contributed by atoms with E-state index in [9.17, 15) is 0 Å². The predicted octanol–water partition coefficient (Wildman–Crippen LogP) is 0.972. The molecule has 0 aromatic rings. The largest absolute Gasteiger partial charge is 0.303 e. The monoisotopic (exact) mass is 181 g/mol. The van der Waals surface area contributed by atoms with Gasteiger partial charge in [0.25, 0.3) is 0 Å². The van der Waals surface area contributed by atoms with Crippen LogP contribution >= 0.6 is 0 Å². The lowest BCUT2D eigenvalue weighted by Crippen LogP contribution is -2.54. The quantitative estimate of drug-likeness (QED) is 0.690. The highest BCUT2D eigenvalue weighted by atomic mass is 15.2. The van der Waals surface area contributed by atoms with Crippen molar-refractivity contribution in [2.24, 2.45) is 0 Å². The number of rotatable bonds is 2. The summed E-state index contributed by atoms with van der Waals surface area (Å²) < 4.78 is 0. The van der Waals surface area contributed by atoms with Crippen LogP contribution < -0.4 is 5.32 Å². The first-order chi connectivity index (χ1) is 6.13. The van der Waals surface area contributed by atoms with E-state index >= 15 is 0 Å². The van der Waals surface area contributed by atoms with Gasteiger partial charge in [0.2, 0.25) is 0 Å². The van der Waals surface area contributed by atoms with E-state index in [1.165, 1.54) is 0 Å². The first kappa shape index (κ1) is 10.5. The summed E-state index contributed by atoms with van der Waals surface area (Å²) in [5.74, 6) is 0. The summed E-state index contributed by atoms with van der Waals surface area (Å²) in [6, 6.07) is 2.94. The van der Waals surface area contributed by atoms with E-state index in [2.05, 4.69) is 37.2 Å². The first-order valence-electron chi connectivity index (χ1n) is 5.00. The summed E-state index contributed by atoms with van der Waals surface area (Å²) >= 11 is 0. The molecule has 74 valence electrons. The number of nitrogens with zero attached hydrogens (tertiary/aromatic N) is 2. The van der Waals surface area contributed by atoms with Crippen LogP contribution in [0.1, 0.15) is 26.7 Å². The van der Waals surface area contributed by atoms with E-state index < -0.39 is 0 Å². The fourth-order valence-electron chi connectivity index (χ4n) is 1.99. The zero-order chi connectivity index (χ0) is 9.90. The van der Waals surface area contributed by atoms with Gasteiger partial charge in [-0.15, -0.1) is 0 Å². The number of hydrogen-bond acceptors (Lipinski definition) is 3. The number of likely N-dealkylation sites (tertiary alicyclic amines) is 1. The molecule has 1 fully saturated rings. The molecule has 1 N–H and O–H groups in total. The standard InChI is InChI=1S/C10H19N3/c1-4-12-10(8-11)5-6-13(3)9(2)7-10/h9,12H,4-7H2,1-3H3. The molecule has 0 radical (unpaired) electrons. The summed E-state index contributed by atoms with van der Waals surface area (Å²) in [7, 11) is 2.12. The van der Waals surface area contributed by atoms with Crippen LogP contribution in [-0.4, -0.2) is 36.6 Å². The van der Waals surface area contributed by atoms with E-state index in [1.54, 1.807) is 0 Å². The molecule has 2 unspecified atom stereocenters. The van der Waals surface area contributed by atoms with Gasteiger partial charge in [0.05, 0.1) is 6.07 Å². The molecular formula is C10H19N3. The Hall–Kier alpha value is -0.590. The lowest BCUT2D eigenvalue weighted by atomic mass is 9.85. The number of piperidine rings is 1. The molecule has 2 atom stereocenters. The Balaban J connectivity index is 2.64. The Morgan fingerprint density at radius 3 is 2.85 bits per heavy atom. The molecule has 0 bridgehead atoms. The Morgan fingerprint density at radius 1 is 1.69 bits per heavy atom. The first-order valence-corrected chi connectivity index (χ1v) is 5.00. The minimum atomic E-state index is -0.263. The molecule has 3 nitrogen and oxygen atoms in total. The molecule has 0 aliphatic carbocycles. The van der Waals surface area contributed by atoms with E-state index in [0.29, 0.717) is 6.04 Å². The summed E-state index contributed by atoms with van der Waals surface area (Å²) in [5.41, 5.74) is -0.263. The molecule has 0 saturated carbocycles. The van der Waals surface area contributed by atoms with Crippen molar-refractivity contribution < 1.29 is 0 Å². The summed E-state index contributed by atoms with van der Waals surface area (Å²) in [4.78, 5) is 2.31. The van der Waals surface area contributed by atoms with Crippen LogP contribution in [-0.2, 0) is 0 Å². The number of nitrogens with one attached hydrogen (secondary N) is 1. The van der Waals surface area contributed by atoms with Crippen LogP contribution in [0.15, 0.2) is 0 Å². The van der Waals surface area contributed by atoms with Crippen LogP contribution in [0, 0.1) is 11.3 Å². The van der Waals surface area contributed by atoms with Crippen LogP contribution in [0.5, 0.6) is 0 Å². The lowest BCUT2D eigenvalue weighted by Gasteiger charge is -2.40. The van der Waals surface area contributed by atoms with Crippen molar-refractivity contribution in [3.8, 4) is 6.07 Å². The van der Waals surface area contributed by atoms with Crippen molar-refractivity contribution in [1.29, 1.82) is 5.26 Å². The van der Waals surface area contributed by atoms with Gasteiger partial charge in [0, 0.05) is 12.6 Å². The van der Waals surface area contributed by atoms with Gasteiger partial charge in [-0.25, -0.2) is 0 Å². The fraction of sp³-hybridized carbons (Fsp3) is 0.900. The average Bonchev–Trinajstić information content (AvgIpc) is 2.12. The van der Waals surface area contributed by atoms with Gasteiger partial charge in [-0.2, -0.15) is 5.26 Å². The third-order valence-corrected chi connectivity index (χ3v) is 3.02. The highest BCUT2D eigenvalue weighted by Gasteiger charge is 2.36.